The molecule has 1 aliphatic rings. The fourth-order valence-corrected chi connectivity index (χ4v) is 2.06. The summed E-state index contributed by atoms with van der Waals surface area (Å²) in [6, 6.07) is 0. The number of hydrogen-bond donors (Lipinski definition) is 0. The van der Waals surface area contributed by atoms with Crippen LogP contribution < -0.4 is 0 Å². The Morgan fingerprint density at radius 2 is 2.23 bits per heavy atom. The zero-order valence-corrected chi connectivity index (χ0v) is 8.63. The van der Waals surface area contributed by atoms with Crippen molar-refractivity contribution in [3.63, 3.8) is 0 Å². The fourth-order valence-electron chi connectivity index (χ4n) is 2.06. The molecule has 0 bridgehead atoms. The lowest BCUT2D eigenvalue weighted by Gasteiger charge is -2.32. The van der Waals surface area contributed by atoms with Crippen LogP contribution in [0.1, 0.15) is 38.4 Å². The highest BCUT2D eigenvalue weighted by Gasteiger charge is 2.30. The van der Waals surface area contributed by atoms with Crippen molar-refractivity contribution in [2.75, 3.05) is 0 Å². The molecule has 1 aromatic rings. The van der Waals surface area contributed by atoms with Gasteiger partial charge in [0.2, 0.25) is 0 Å². The molecule has 1 atom stereocenters. The Kier molecular flexibility index (Phi) is 1.94. The van der Waals surface area contributed by atoms with Crippen molar-refractivity contribution in [2.24, 2.45) is 11.3 Å². The molecule has 0 amide bonds. The summed E-state index contributed by atoms with van der Waals surface area (Å²) in [6.07, 6.45) is 5.31. The van der Waals surface area contributed by atoms with E-state index in [0.29, 0.717) is 5.41 Å². The largest absolute Gasteiger partial charge is 0.364 e. The molecule has 1 aromatic heterocycles. The van der Waals surface area contributed by atoms with Crippen LogP contribution in [0.2, 0.25) is 0 Å². The predicted octanol–water partition coefficient (Wildman–Crippen LogP) is 2.83. The first-order chi connectivity index (χ1) is 6.07. The van der Waals surface area contributed by atoms with Gasteiger partial charge in [0.1, 0.15) is 6.26 Å². The van der Waals surface area contributed by atoms with E-state index in [0.717, 1.165) is 18.8 Å². The number of hydrogen-bond acceptors (Lipinski definition) is 2. The molecular weight excluding hydrogens is 162 g/mol. The Morgan fingerprint density at radius 1 is 1.46 bits per heavy atom. The minimum Gasteiger partial charge on any atom is -0.364 e. The minimum absolute atomic E-state index is 0.399. The molecular formula is C11H17NO. The van der Waals surface area contributed by atoms with Crippen LogP contribution in [0.25, 0.3) is 0 Å². The summed E-state index contributed by atoms with van der Waals surface area (Å²) in [7, 11) is 0. The van der Waals surface area contributed by atoms with Crippen molar-refractivity contribution < 1.29 is 4.52 Å². The van der Waals surface area contributed by atoms with E-state index in [2.05, 4.69) is 25.9 Å². The molecule has 1 aliphatic carbocycles. The summed E-state index contributed by atoms with van der Waals surface area (Å²) in [5, 5.41) is 4.05. The first kappa shape index (κ1) is 8.79. The highest BCUT2D eigenvalue weighted by atomic mass is 16.5. The van der Waals surface area contributed by atoms with Gasteiger partial charge in [-0.2, -0.15) is 0 Å². The van der Waals surface area contributed by atoms with Crippen molar-refractivity contribution >= 4 is 0 Å². The van der Waals surface area contributed by atoms with E-state index in [-0.39, 0.29) is 0 Å². The zero-order valence-electron chi connectivity index (χ0n) is 8.63. The quantitative estimate of drug-likeness (QED) is 0.612. The highest BCUT2D eigenvalue weighted by Crippen LogP contribution is 2.36. The van der Waals surface area contributed by atoms with Gasteiger partial charge in [0, 0.05) is 5.56 Å². The second-order valence-corrected chi connectivity index (χ2v) is 5.09. The van der Waals surface area contributed by atoms with Crippen molar-refractivity contribution in [3.8, 4) is 0 Å². The van der Waals surface area contributed by atoms with Gasteiger partial charge < -0.3 is 4.52 Å². The molecule has 0 radical (unpaired) electrons. The van der Waals surface area contributed by atoms with E-state index < -0.39 is 0 Å². The molecule has 1 unspecified atom stereocenters. The van der Waals surface area contributed by atoms with Gasteiger partial charge in [0.25, 0.3) is 0 Å². The normalized spacial score (nSPS) is 22.8. The molecule has 2 nitrogen and oxygen atoms in total. The maximum Gasteiger partial charge on any atom is 0.127 e. The molecule has 13 heavy (non-hydrogen) atoms. The average Bonchev–Trinajstić information content (AvgIpc) is 2.47. The minimum atomic E-state index is 0.399. The second kappa shape index (κ2) is 2.86. The van der Waals surface area contributed by atoms with Gasteiger partial charge in [-0.25, -0.2) is 0 Å². The van der Waals surface area contributed by atoms with E-state index in [4.69, 9.17) is 4.52 Å². The average molecular weight is 179 g/mol. The Balaban J connectivity index is 2.18. The third-order valence-electron chi connectivity index (χ3n) is 3.16. The molecule has 0 aliphatic heterocycles. The lowest BCUT2D eigenvalue weighted by molar-refractivity contribution is 0.213. The Hall–Kier alpha value is -0.790. The van der Waals surface area contributed by atoms with Crippen LogP contribution in [0.15, 0.2) is 10.8 Å². The summed E-state index contributed by atoms with van der Waals surface area (Å²) < 4.78 is 4.98. The standard InChI is InChI=1S/C11H17NO/c1-11(2,3)9-5-4-8-7-13-12-10(8)6-9/h7,9H,4-6H2,1-3H3. The van der Waals surface area contributed by atoms with Crippen LogP contribution in [0.5, 0.6) is 0 Å². The maximum atomic E-state index is 4.98. The van der Waals surface area contributed by atoms with E-state index in [1.54, 1.807) is 6.26 Å². The van der Waals surface area contributed by atoms with Gasteiger partial charge in [0.05, 0.1) is 5.69 Å². The summed E-state index contributed by atoms with van der Waals surface area (Å²) in [6.45, 7) is 6.92. The van der Waals surface area contributed by atoms with Gasteiger partial charge in [-0.05, 0) is 30.6 Å². The number of rotatable bonds is 0. The van der Waals surface area contributed by atoms with Gasteiger partial charge in [-0.15, -0.1) is 0 Å². The molecule has 0 aromatic carbocycles. The Labute approximate surface area is 79.3 Å². The number of nitrogens with zero attached hydrogens (tertiary/aromatic N) is 1. The number of aryl methyl sites for hydroxylation is 1. The van der Waals surface area contributed by atoms with E-state index in [1.807, 2.05) is 0 Å². The van der Waals surface area contributed by atoms with Crippen LogP contribution in [-0.4, -0.2) is 5.16 Å². The van der Waals surface area contributed by atoms with Crippen LogP contribution in [0.4, 0.5) is 0 Å². The molecule has 0 N–H and O–H groups in total. The molecule has 72 valence electrons. The fraction of sp³-hybridized carbons (Fsp3) is 0.727. The predicted molar refractivity (Wildman–Crippen MR) is 51.5 cm³/mol. The molecule has 2 heteroatoms. The summed E-state index contributed by atoms with van der Waals surface area (Å²) >= 11 is 0. The summed E-state index contributed by atoms with van der Waals surface area (Å²) in [5.74, 6) is 0.755. The van der Waals surface area contributed by atoms with Crippen molar-refractivity contribution in [1.29, 1.82) is 0 Å². The topological polar surface area (TPSA) is 26.0 Å². The zero-order chi connectivity index (χ0) is 9.47. The van der Waals surface area contributed by atoms with Crippen molar-refractivity contribution in [2.45, 2.75) is 40.0 Å². The summed E-state index contributed by atoms with van der Waals surface area (Å²) in [4.78, 5) is 0. The van der Waals surface area contributed by atoms with E-state index in [9.17, 15) is 0 Å². The van der Waals surface area contributed by atoms with Crippen molar-refractivity contribution in [1.82, 2.24) is 5.16 Å². The molecule has 0 saturated carbocycles. The van der Waals surface area contributed by atoms with Crippen LogP contribution in [-0.2, 0) is 12.8 Å². The van der Waals surface area contributed by atoms with Crippen LogP contribution in [0.3, 0.4) is 0 Å². The van der Waals surface area contributed by atoms with Gasteiger partial charge in [-0.1, -0.05) is 25.9 Å². The van der Waals surface area contributed by atoms with E-state index in [1.165, 1.54) is 17.7 Å². The van der Waals surface area contributed by atoms with Gasteiger partial charge in [-0.3, -0.25) is 0 Å². The number of aromatic nitrogens is 1. The van der Waals surface area contributed by atoms with Gasteiger partial charge in [0.15, 0.2) is 0 Å². The smallest absolute Gasteiger partial charge is 0.127 e. The molecule has 0 spiro atoms. The lowest BCUT2D eigenvalue weighted by atomic mass is 9.72. The highest BCUT2D eigenvalue weighted by molar-refractivity contribution is 5.19. The molecule has 0 saturated heterocycles. The third kappa shape index (κ3) is 1.62. The molecule has 0 fully saturated rings. The monoisotopic (exact) mass is 179 g/mol. The lowest BCUT2D eigenvalue weighted by Crippen LogP contribution is -2.26. The number of fused-ring (bicyclic) bond motifs is 1. The Bertz CT molecular complexity index is 295. The van der Waals surface area contributed by atoms with E-state index >= 15 is 0 Å². The maximum absolute atomic E-state index is 4.98. The second-order valence-electron chi connectivity index (χ2n) is 5.09. The SMILES string of the molecule is CC(C)(C)C1CCc2conc2C1. The first-order valence-electron chi connectivity index (χ1n) is 4.99. The third-order valence-corrected chi connectivity index (χ3v) is 3.16. The summed E-state index contributed by atoms with van der Waals surface area (Å²) in [5.41, 5.74) is 2.91. The van der Waals surface area contributed by atoms with Gasteiger partial charge >= 0.3 is 0 Å². The first-order valence-corrected chi connectivity index (χ1v) is 4.99. The van der Waals surface area contributed by atoms with Crippen LogP contribution >= 0.6 is 0 Å². The van der Waals surface area contributed by atoms with Crippen LogP contribution in [0, 0.1) is 11.3 Å². The Morgan fingerprint density at radius 3 is 2.92 bits per heavy atom. The molecule has 2 rings (SSSR count). The van der Waals surface area contributed by atoms with Crippen molar-refractivity contribution in [3.05, 3.63) is 17.5 Å². The molecule has 1 heterocycles.